The fraction of sp³-hybridized carbons (Fsp3) is 0.286. The summed E-state index contributed by atoms with van der Waals surface area (Å²) in [6.07, 6.45) is 0.111. The van der Waals surface area contributed by atoms with Crippen LogP contribution in [-0.4, -0.2) is 54.6 Å². The van der Waals surface area contributed by atoms with Crippen LogP contribution in [0.5, 0.6) is 0 Å². The van der Waals surface area contributed by atoms with Crippen LogP contribution in [0.25, 0.3) is 0 Å². The molecule has 0 saturated heterocycles. The minimum Gasteiger partial charge on any atom is -0.480 e. The van der Waals surface area contributed by atoms with E-state index in [0.29, 0.717) is 15.6 Å². The molecule has 0 aliphatic rings. The lowest BCUT2D eigenvalue weighted by Crippen LogP contribution is -2.45. The summed E-state index contributed by atoms with van der Waals surface area (Å²) in [6, 6.07) is 7.91. The highest BCUT2D eigenvalue weighted by Crippen LogP contribution is 2.31. The lowest BCUT2D eigenvalue weighted by atomic mass is 10.1. The Morgan fingerprint density at radius 1 is 1.14 bits per heavy atom. The third-order valence-electron chi connectivity index (χ3n) is 4.82. The second-order valence-corrected chi connectivity index (χ2v) is 10.8. The lowest BCUT2D eigenvalue weighted by molar-refractivity contribution is -0.138. The molecule has 2 rings (SSSR count). The number of hydrogen-bond acceptors (Lipinski definition) is 7. The van der Waals surface area contributed by atoms with Gasteiger partial charge in [-0.05, 0) is 48.7 Å². The molecule has 0 fully saturated rings. The molecule has 0 saturated carbocycles. The first-order valence-electron chi connectivity index (χ1n) is 10.1. The molecule has 1 amide bonds. The van der Waals surface area contributed by atoms with Crippen LogP contribution in [0.2, 0.25) is 15.1 Å². The number of amides is 1. The number of nitrogens with one attached hydrogen (secondary N) is 2. The van der Waals surface area contributed by atoms with E-state index in [1.807, 2.05) is 0 Å². The molecule has 0 aromatic heterocycles. The summed E-state index contributed by atoms with van der Waals surface area (Å²) >= 11 is 18.3. The average molecular weight is 565 g/mol. The Balaban J connectivity index is 2.21. The van der Waals surface area contributed by atoms with Gasteiger partial charge in [-0.2, -0.15) is 0 Å². The zero-order valence-electron chi connectivity index (χ0n) is 18.3. The number of carboxylic acid groups (broad SMARTS) is 1. The molecule has 0 aliphatic carbocycles. The van der Waals surface area contributed by atoms with Crippen molar-refractivity contribution in [1.82, 2.24) is 4.90 Å². The van der Waals surface area contributed by atoms with Gasteiger partial charge in [-0.25, -0.2) is 8.42 Å². The highest BCUT2D eigenvalue weighted by atomic mass is 35.5. The van der Waals surface area contributed by atoms with Gasteiger partial charge in [0, 0.05) is 23.1 Å². The molecule has 1 atom stereocenters. The Kier molecular flexibility index (Phi) is 10.2. The minimum atomic E-state index is -4.23. The largest absolute Gasteiger partial charge is 0.480 e. The van der Waals surface area contributed by atoms with Gasteiger partial charge in [-0.15, -0.1) is 0 Å². The summed E-state index contributed by atoms with van der Waals surface area (Å²) in [6.45, 7) is -0.0231. The van der Waals surface area contributed by atoms with E-state index >= 15 is 0 Å². The van der Waals surface area contributed by atoms with Gasteiger partial charge in [0.2, 0.25) is 5.91 Å². The number of rotatable bonds is 11. The quantitative estimate of drug-likeness (QED) is 0.204. The number of para-hydroxylation sites is 1. The molecular weight excluding hydrogens is 541 g/mol. The van der Waals surface area contributed by atoms with Crippen LogP contribution in [0.1, 0.15) is 18.4 Å². The van der Waals surface area contributed by atoms with Crippen molar-refractivity contribution in [2.75, 3.05) is 17.6 Å². The molecule has 7 N–H and O–H groups in total. The summed E-state index contributed by atoms with van der Waals surface area (Å²) in [5.74, 6) is -3.82. The number of carbonyl (C=O) groups excluding carboxylic acids is 1. The zero-order chi connectivity index (χ0) is 26.3. The number of benzene rings is 2. The van der Waals surface area contributed by atoms with Crippen molar-refractivity contribution in [2.45, 2.75) is 30.3 Å². The smallest absolute Gasteiger partial charge is 0.320 e. The van der Waals surface area contributed by atoms with Gasteiger partial charge in [0.25, 0.3) is 0 Å². The van der Waals surface area contributed by atoms with Crippen LogP contribution in [0, 0.1) is 5.41 Å². The molecule has 0 spiro atoms. The molecular formula is C21H24Cl3N5O5S. The van der Waals surface area contributed by atoms with Gasteiger partial charge >= 0.3 is 5.97 Å². The second-order valence-electron chi connectivity index (χ2n) is 7.52. The Morgan fingerprint density at radius 3 is 2.34 bits per heavy atom. The van der Waals surface area contributed by atoms with Crippen molar-refractivity contribution in [3.05, 3.63) is 57.0 Å². The Labute approximate surface area is 217 Å². The second kappa shape index (κ2) is 12.4. The number of hydrogen-bond donors (Lipinski definition) is 5. The summed E-state index contributed by atoms with van der Waals surface area (Å²) in [5, 5.41) is 20.3. The number of halogens is 3. The molecule has 2 aromatic carbocycles. The third kappa shape index (κ3) is 8.25. The van der Waals surface area contributed by atoms with Gasteiger partial charge in [-0.3, -0.25) is 19.9 Å². The number of sulfone groups is 1. The molecule has 0 heterocycles. The number of anilines is 1. The highest BCUT2D eigenvalue weighted by molar-refractivity contribution is 7.92. The van der Waals surface area contributed by atoms with Gasteiger partial charge in [0.05, 0.1) is 15.6 Å². The molecule has 35 heavy (non-hydrogen) atoms. The predicted molar refractivity (Wildman–Crippen MR) is 136 cm³/mol. The molecule has 190 valence electrons. The normalized spacial score (nSPS) is 12.1. The van der Waals surface area contributed by atoms with Crippen LogP contribution in [0.3, 0.4) is 0 Å². The van der Waals surface area contributed by atoms with E-state index in [9.17, 15) is 18.0 Å². The number of guanidine groups is 1. The van der Waals surface area contributed by atoms with E-state index < -0.39 is 39.5 Å². The Hall–Kier alpha value is -2.57. The number of nitrogens with two attached hydrogens (primary N) is 2. The summed E-state index contributed by atoms with van der Waals surface area (Å²) in [4.78, 5) is 24.1. The molecule has 0 aliphatic heterocycles. The Bertz CT molecular complexity index is 1210. The van der Waals surface area contributed by atoms with E-state index in [1.54, 1.807) is 18.2 Å². The highest BCUT2D eigenvalue weighted by Gasteiger charge is 2.28. The maximum atomic E-state index is 13.1. The molecule has 0 bridgehead atoms. The predicted octanol–water partition coefficient (Wildman–Crippen LogP) is 2.95. The number of nitrogens with zero attached hydrogens (tertiary/aromatic N) is 1. The minimum absolute atomic E-state index is 0.00895. The lowest BCUT2D eigenvalue weighted by Gasteiger charge is -2.21. The first kappa shape index (κ1) is 28.7. The molecule has 0 radical (unpaired) electrons. The number of carboxylic acids is 1. The van der Waals surface area contributed by atoms with E-state index in [0.717, 1.165) is 4.90 Å². The van der Waals surface area contributed by atoms with E-state index in [1.165, 1.54) is 18.2 Å². The Morgan fingerprint density at radius 2 is 1.77 bits per heavy atom. The fourth-order valence-corrected chi connectivity index (χ4v) is 5.41. The van der Waals surface area contributed by atoms with E-state index in [4.69, 9.17) is 56.8 Å². The van der Waals surface area contributed by atoms with Crippen molar-refractivity contribution in [2.24, 2.45) is 11.5 Å². The molecule has 1 unspecified atom stereocenters. The molecule has 10 nitrogen and oxygen atoms in total. The number of carbonyl (C=O) groups is 2. The summed E-state index contributed by atoms with van der Waals surface area (Å²) in [5.41, 5.74) is 11.6. The first-order chi connectivity index (χ1) is 16.3. The monoisotopic (exact) mass is 563 g/mol. The van der Waals surface area contributed by atoms with Crippen molar-refractivity contribution in [3.63, 3.8) is 0 Å². The van der Waals surface area contributed by atoms with Crippen molar-refractivity contribution < 1.29 is 23.1 Å². The van der Waals surface area contributed by atoms with Crippen LogP contribution >= 0.6 is 34.8 Å². The van der Waals surface area contributed by atoms with Crippen LogP contribution in [0.15, 0.2) is 41.3 Å². The van der Waals surface area contributed by atoms with Gasteiger partial charge in [-0.1, -0.05) is 40.9 Å². The van der Waals surface area contributed by atoms with Gasteiger partial charge in [0.1, 0.15) is 11.8 Å². The topological polar surface area (TPSA) is 180 Å². The standard InChI is InChI=1S/C21H24Cl3N5O5S/c22-13-7-12(8-14(23)9-13)10-28-19-15(24)3-1-5-17(19)35(33,34)11-18(30)29(21(26)27)6-2-4-16(25)20(31)32/h1,3,5,7-9,16,28H,2,4,6,10-11,25H2,(H3,26,27)(H,31,32). The van der Waals surface area contributed by atoms with Gasteiger partial charge in [0.15, 0.2) is 15.8 Å². The maximum Gasteiger partial charge on any atom is 0.320 e. The van der Waals surface area contributed by atoms with Crippen molar-refractivity contribution in [3.8, 4) is 0 Å². The average Bonchev–Trinajstić information content (AvgIpc) is 2.74. The van der Waals surface area contributed by atoms with E-state index in [-0.39, 0.29) is 41.5 Å². The van der Waals surface area contributed by atoms with Gasteiger partial charge < -0.3 is 21.9 Å². The summed E-state index contributed by atoms with van der Waals surface area (Å²) in [7, 11) is -4.23. The fourth-order valence-electron chi connectivity index (χ4n) is 3.13. The SMILES string of the molecule is N=C(N)N(CCCC(N)C(=O)O)C(=O)CS(=O)(=O)c1cccc(Cl)c1NCc1cc(Cl)cc(Cl)c1. The third-order valence-corrected chi connectivity index (χ3v) is 7.21. The van der Waals surface area contributed by atoms with Crippen LogP contribution in [0.4, 0.5) is 5.69 Å². The first-order valence-corrected chi connectivity index (χ1v) is 12.9. The van der Waals surface area contributed by atoms with Crippen molar-refractivity contribution in [1.29, 1.82) is 5.41 Å². The van der Waals surface area contributed by atoms with Crippen LogP contribution in [-0.2, 0) is 26.0 Å². The molecule has 2 aromatic rings. The number of aliphatic carboxylic acids is 1. The maximum absolute atomic E-state index is 13.1. The van der Waals surface area contributed by atoms with Crippen LogP contribution < -0.4 is 16.8 Å². The summed E-state index contributed by atoms with van der Waals surface area (Å²) < 4.78 is 26.3. The zero-order valence-corrected chi connectivity index (χ0v) is 21.4. The van der Waals surface area contributed by atoms with Crippen molar-refractivity contribution >= 4 is 68.2 Å². The molecule has 14 heteroatoms. The van der Waals surface area contributed by atoms with E-state index in [2.05, 4.69) is 5.32 Å².